The van der Waals surface area contributed by atoms with E-state index < -0.39 is 90.2 Å². The van der Waals surface area contributed by atoms with E-state index in [-0.39, 0.29) is 29.7 Å². The van der Waals surface area contributed by atoms with Crippen LogP contribution in [0, 0.1) is 11.3 Å². The number of rotatable bonds is 10. The number of esters is 7. The van der Waals surface area contributed by atoms with E-state index in [4.69, 9.17) is 33.2 Å². The van der Waals surface area contributed by atoms with Crippen LogP contribution in [0.25, 0.3) is 6.08 Å². The van der Waals surface area contributed by atoms with Gasteiger partial charge in [0.1, 0.15) is 31.0 Å². The van der Waals surface area contributed by atoms with Gasteiger partial charge < -0.3 is 33.2 Å². The standard InChI is InChI=1S/C41H50O14/c1-22-33(50-25(4)43)19-32-36(52-27(6)45)18-31(21-49-24(3)42)35(55-37(48)17-16-30-14-12-11-13-15-30)20-34(51-26(5)44)23(2)39(53-28(7)46)40(54-29(8)47)38(22)41(32,9)10/h11-18,32-36,40H,19-21H2,1-10H3/t32-,33-,34-,35-,36-,40+/m0/s1. The van der Waals surface area contributed by atoms with Gasteiger partial charge in [0.05, 0.1) is 0 Å². The summed E-state index contributed by atoms with van der Waals surface area (Å²) in [5, 5.41) is 0. The fourth-order valence-electron chi connectivity index (χ4n) is 7.03. The van der Waals surface area contributed by atoms with Crippen LogP contribution in [0.3, 0.4) is 0 Å². The molecule has 2 aliphatic carbocycles. The quantitative estimate of drug-likeness (QED) is 0.127. The molecule has 0 unspecified atom stereocenters. The minimum absolute atomic E-state index is 0.0932. The van der Waals surface area contributed by atoms with E-state index in [2.05, 4.69) is 0 Å². The summed E-state index contributed by atoms with van der Waals surface area (Å²) in [5.74, 6) is -6.12. The third-order valence-electron chi connectivity index (χ3n) is 9.35. The van der Waals surface area contributed by atoms with Crippen molar-refractivity contribution in [1.29, 1.82) is 0 Å². The summed E-state index contributed by atoms with van der Waals surface area (Å²) in [7, 11) is 0. The van der Waals surface area contributed by atoms with E-state index in [9.17, 15) is 33.6 Å². The zero-order chi connectivity index (χ0) is 41.2. The van der Waals surface area contributed by atoms with Gasteiger partial charge in [0.25, 0.3) is 0 Å². The number of hydrogen-bond acceptors (Lipinski definition) is 14. The van der Waals surface area contributed by atoms with Gasteiger partial charge in [-0.2, -0.15) is 0 Å². The number of hydrogen-bond donors (Lipinski definition) is 0. The van der Waals surface area contributed by atoms with Gasteiger partial charge in [-0.05, 0) is 54.5 Å². The van der Waals surface area contributed by atoms with Gasteiger partial charge in [-0.15, -0.1) is 0 Å². The summed E-state index contributed by atoms with van der Waals surface area (Å²) in [6.45, 7) is 13.4. The van der Waals surface area contributed by atoms with Gasteiger partial charge >= 0.3 is 41.8 Å². The maximum atomic E-state index is 13.5. The number of carbonyl (C=O) groups excluding carboxylic acids is 7. The summed E-state index contributed by atoms with van der Waals surface area (Å²) in [5.41, 5.74) is 0.698. The predicted octanol–water partition coefficient (Wildman–Crippen LogP) is 5.43. The first-order valence-electron chi connectivity index (χ1n) is 17.8. The number of fused-ring (bicyclic) bond motifs is 2. The number of benzene rings is 1. The molecule has 1 aromatic carbocycles. The summed E-state index contributed by atoms with van der Waals surface area (Å²) >= 11 is 0. The van der Waals surface area contributed by atoms with Gasteiger partial charge in [-0.25, -0.2) is 4.79 Å². The van der Waals surface area contributed by atoms with Crippen molar-refractivity contribution in [3.8, 4) is 0 Å². The SMILES string of the molecule is CC(=O)OCC1=C[C@H](OC(C)=O)[C@@H]2C[C@H](OC(C)=O)C(C)=C([C@@H](OC(C)=O)C(OC(C)=O)=C(C)[C@@H](OC(C)=O)C[C@@H]1OC(=O)C=Cc1ccccc1)C2(C)C. The van der Waals surface area contributed by atoms with E-state index >= 15 is 0 Å². The van der Waals surface area contributed by atoms with Crippen molar-refractivity contribution in [3.05, 3.63) is 76.1 Å². The molecule has 0 aliphatic heterocycles. The second-order valence-electron chi connectivity index (χ2n) is 14.0. The van der Waals surface area contributed by atoms with Crippen LogP contribution in [0.5, 0.6) is 0 Å². The monoisotopic (exact) mass is 766 g/mol. The highest BCUT2D eigenvalue weighted by atomic mass is 16.6. The van der Waals surface area contributed by atoms with Crippen LogP contribution in [-0.4, -0.2) is 78.9 Å². The second-order valence-corrected chi connectivity index (χ2v) is 14.0. The third kappa shape index (κ3) is 12.2. The highest BCUT2D eigenvalue weighted by Gasteiger charge is 2.51. The Balaban J connectivity index is 2.51. The van der Waals surface area contributed by atoms with E-state index in [1.165, 1.54) is 45.9 Å². The molecule has 0 heterocycles. The minimum atomic E-state index is -1.45. The Morgan fingerprint density at radius 3 is 1.76 bits per heavy atom. The first-order valence-corrected chi connectivity index (χ1v) is 17.8. The van der Waals surface area contributed by atoms with Crippen molar-refractivity contribution < 1.29 is 66.7 Å². The van der Waals surface area contributed by atoms with Crippen LogP contribution in [-0.2, 0) is 66.7 Å². The molecule has 14 nitrogen and oxygen atoms in total. The van der Waals surface area contributed by atoms with Crippen molar-refractivity contribution >= 4 is 47.9 Å². The van der Waals surface area contributed by atoms with Gasteiger partial charge in [-0.3, -0.25) is 28.8 Å². The van der Waals surface area contributed by atoms with Crippen molar-refractivity contribution in [3.63, 3.8) is 0 Å². The normalized spacial score (nSPS) is 23.9. The molecule has 0 N–H and O–H groups in total. The lowest BCUT2D eigenvalue weighted by molar-refractivity contribution is -0.156. The van der Waals surface area contributed by atoms with E-state index in [0.717, 1.165) is 20.8 Å². The molecule has 0 fully saturated rings. The molecule has 0 saturated carbocycles. The fourth-order valence-corrected chi connectivity index (χ4v) is 7.03. The molecule has 6 atom stereocenters. The maximum absolute atomic E-state index is 13.5. The van der Waals surface area contributed by atoms with Crippen molar-refractivity contribution in [2.45, 2.75) is 113 Å². The molecular weight excluding hydrogens is 716 g/mol. The maximum Gasteiger partial charge on any atom is 0.331 e. The van der Waals surface area contributed by atoms with Crippen LogP contribution < -0.4 is 0 Å². The van der Waals surface area contributed by atoms with Gasteiger partial charge in [-0.1, -0.05) is 44.2 Å². The largest absolute Gasteiger partial charge is 0.461 e. The predicted molar refractivity (Wildman–Crippen MR) is 196 cm³/mol. The Labute approximate surface area is 320 Å². The molecule has 2 aliphatic rings. The average Bonchev–Trinajstić information content (AvgIpc) is 3.06. The topological polar surface area (TPSA) is 184 Å². The Morgan fingerprint density at radius 1 is 0.673 bits per heavy atom. The average molecular weight is 767 g/mol. The van der Waals surface area contributed by atoms with Gasteiger partial charge in [0.2, 0.25) is 0 Å². The molecule has 55 heavy (non-hydrogen) atoms. The van der Waals surface area contributed by atoms with Crippen LogP contribution in [0.1, 0.15) is 87.6 Å². The van der Waals surface area contributed by atoms with Crippen molar-refractivity contribution in [1.82, 2.24) is 0 Å². The number of ether oxygens (including phenoxy) is 7. The van der Waals surface area contributed by atoms with E-state index in [1.54, 1.807) is 45.0 Å². The van der Waals surface area contributed by atoms with E-state index in [0.29, 0.717) is 16.7 Å². The summed E-state index contributed by atoms with van der Waals surface area (Å²) in [6.07, 6.45) is -2.22. The Hall–Kier alpha value is -5.53. The molecule has 1 aromatic rings. The van der Waals surface area contributed by atoms with Gasteiger partial charge in [0.15, 0.2) is 11.9 Å². The number of carbonyl (C=O) groups is 7. The third-order valence-corrected chi connectivity index (χ3v) is 9.35. The second kappa shape index (κ2) is 19.2. The van der Waals surface area contributed by atoms with Crippen LogP contribution in [0.4, 0.5) is 0 Å². The van der Waals surface area contributed by atoms with Crippen molar-refractivity contribution in [2.24, 2.45) is 11.3 Å². The minimum Gasteiger partial charge on any atom is -0.461 e. The molecule has 0 saturated heterocycles. The highest BCUT2D eigenvalue weighted by Crippen LogP contribution is 2.52. The molecule has 0 aromatic heterocycles. The zero-order valence-electron chi connectivity index (χ0n) is 32.9. The lowest BCUT2D eigenvalue weighted by Crippen LogP contribution is -2.49. The molecule has 0 radical (unpaired) electrons. The molecule has 0 amide bonds. The summed E-state index contributed by atoms with van der Waals surface area (Å²) in [4.78, 5) is 89.4. The zero-order valence-corrected chi connectivity index (χ0v) is 32.9. The highest BCUT2D eigenvalue weighted by molar-refractivity contribution is 5.87. The molecule has 3 rings (SSSR count). The molecule has 0 spiro atoms. The Kier molecular flexibility index (Phi) is 15.3. The Morgan fingerprint density at radius 2 is 1.24 bits per heavy atom. The molecule has 2 bridgehead atoms. The first kappa shape index (κ1) is 43.9. The van der Waals surface area contributed by atoms with Crippen LogP contribution in [0.15, 0.2) is 70.5 Å². The summed E-state index contributed by atoms with van der Waals surface area (Å²) < 4.78 is 40.8. The lowest BCUT2D eigenvalue weighted by Gasteiger charge is -2.48. The van der Waals surface area contributed by atoms with Crippen molar-refractivity contribution in [2.75, 3.05) is 6.61 Å². The fraction of sp³-hybridized carbons (Fsp3) is 0.488. The Bertz CT molecular complexity index is 1780. The van der Waals surface area contributed by atoms with Gasteiger partial charge in [0, 0.05) is 71.1 Å². The molecule has 14 heteroatoms. The lowest BCUT2D eigenvalue weighted by atomic mass is 9.60. The molecule has 298 valence electrons. The molecular formula is C41H50O14. The smallest absolute Gasteiger partial charge is 0.331 e. The van der Waals surface area contributed by atoms with E-state index in [1.807, 2.05) is 6.07 Å². The first-order chi connectivity index (χ1) is 25.7. The van der Waals surface area contributed by atoms with Crippen LogP contribution in [0.2, 0.25) is 0 Å². The summed E-state index contributed by atoms with van der Waals surface area (Å²) in [6, 6.07) is 8.94. The van der Waals surface area contributed by atoms with Crippen LogP contribution >= 0.6 is 0 Å².